The first kappa shape index (κ1) is 15.9. The van der Waals surface area contributed by atoms with E-state index in [0.29, 0.717) is 23.7 Å². The van der Waals surface area contributed by atoms with Gasteiger partial charge in [-0.1, -0.05) is 23.4 Å². The van der Waals surface area contributed by atoms with Gasteiger partial charge in [0.15, 0.2) is 5.76 Å². The van der Waals surface area contributed by atoms with Crippen molar-refractivity contribution in [2.75, 3.05) is 0 Å². The van der Waals surface area contributed by atoms with E-state index in [-0.39, 0.29) is 12.6 Å². The van der Waals surface area contributed by atoms with E-state index in [1.54, 1.807) is 18.5 Å². The van der Waals surface area contributed by atoms with Crippen LogP contribution in [0.15, 0.2) is 69.9 Å². The van der Waals surface area contributed by atoms with Crippen LogP contribution in [0.1, 0.15) is 11.3 Å². The smallest absolute Gasteiger partial charge is 0.315 e. The van der Waals surface area contributed by atoms with Gasteiger partial charge in [-0.25, -0.2) is 4.79 Å². The van der Waals surface area contributed by atoms with Gasteiger partial charge in [0.25, 0.3) is 0 Å². The van der Waals surface area contributed by atoms with Crippen LogP contribution in [0.5, 0.6) is 0 Å². The number of rotatable bonds is 5. The van der Waals surface area contributed by atoms with E-state index in [1.807, 2.05) is 42.5 Å². The molecule has 0 spiro atoms. The summed E-state index contributed by atoms with van der Waals surface area (Å²) in [5.74, 6) is 0.564. The van der Waals surface area contributed by atoms with Crippen molar-refractivity contribution < 1.29 is 13.7 Å². The lowest BCUT2D eigenvalue weighted by molar-refractivity contribution is 0.240. The van der Waals surface area contributed by atoms with Crippen LogP contribution in [0, 0.1) is 0 Å². The maximum Gasteiger partial charge on any atom is 0.315 e. The Balaban J connectivity index is 1.32. The van der Waals surface area contributed by atoms with Gasteiger partial charge in [-0.2, -0.15) is 0 Å². The Hall–Kier alpha value is -3.61. The van der Waals surface area contributed by atoms with Crippen molar-refractivity contribution in [3.63, 3.8) is 0 Å². The van der Waals surface area contributed by atoms with Gasteiger partial charge in [0.1, 0.15) is 17.0 Å². The van der Waals surface area contributed by atoms with Crippen LogP contribution in [0.3, 0.4) is 0 Å². The first-order chi connectivity index (χ1) is 12.8. The van der Waals surface area contributed by atoms with Gasteiger partial charge in [0.05, 0.1) is 12.8 Å². The molecule has 1 aromatic carbocycles. The zero-order valence-corrected chi connectivity index (χ0v) is 13.8. The maximum absolute atomic E-state index is 12.0. The molecule has 4 rings (SSSR count). The molecule has 0 saturated heterocycles. The average molecular weight is 348 g/mol. The molecule has 130 valence electrons. The predicted octanol–water partition coefficient (Wildman–Crippen LogP) is 3.48. The third kappa shape index (κ3) is 3.41. The lowest BCUT2D eigenvalue weighted by atomic mass is 10.1. The first-order valence-electron chi connectivity index (χ1n) is 8.13. The highest BCUT2D eigenvalue weighted by Crippen LogP contribution is 2.19. The lowest BCUT2D eigenvalue weighted by Gasteiger charge is -2.07. The van der Waals surface area contributed by atoms with E-state index in [2.05, 4.69) is 20.8 Å². The van der Waals surface area contributed by atoms with E-state index >= 15 is 0 Å². The molecule has 7 nitrogen and oxygen atoms in total. The topological polar surface area (TPSA) is 93.2 Å². The van der Waals surface area contributed by atoms with Crippen LogP contribution in [0.4, 0.5) is 4.79 Å². The Morgan fingerprint density at radius 1 is 1.04 bits per heavy atom. The van der Waals surface area contributed by atoms with Crippen molar-refractivity contribution in [3.05, 3.63) is 72.2 Å². The van der Waals surface area contributed by atoms with Crippen LogP contribution in [-0.2, 0) is 13.1 Å². The van der Waals surface area contributed by atoms with Gasteiger partial charge in [0, 0.05) is 24.2 Å². The molecule has 7 heteroatoms. The third-order valence-electron chi connectivity index (χ3n) is 3.93. The number of aromatic nitrogens is 2. The van der Waals surface area contributed by atoms with Gasteiger partial charge in [-0.3, -0.25) is 4.98 Å². The van der Waals surface area contributed by atoms with E-state index in [4.69, 9.17) is 8.94 Å². The maximum atomic E-state index is 12.0. The number of fused-ring (bicyclic) bond motifs is 1. The Bertz CT molecular complexity index is 1020. The van der Waals surface area contributed by atoms with Crippen molar-refractivity contribution in [1.29, 1.82) is 0 Å². The average Bonchev–Trinajstić information content (AvgIpc) is 3.35. The second-order valence-corrected chi connectivity index (χ2v) is 5.68. The highest BCUT2D eigenvalue weighted by molar-refractivity contribution is 5.81. The molecule has 0 radical (unpaired) electrons. The van der Waals surface area contributed by atoms with E-state index in [0.717, 1.165) is 16.5 Å². The molecule has 0 aliphatic heterocycles. The number of carbonyl (C=O) groups excluding carboxylic acids is 1. The minimum Gasteiger partial charge on any atom is -0.464 e. The molecule has 3 heterocycles. The monoisotopic (exact) mass is 348 g/mol. The molecule has 0 atom stereocenters. The predicted molar refractivity (Wildman–Crippen MR) is 95.0 cm³/mol. The summed E-state index contributed by atoms with van der Waals surface area (Å²) >= 11 is 0. The number of hydrogen-bond acceptors (Lipinski definition) is 5. The second-order valence-electron chi connectivity index (χ2n) is 5.68. The first-order valence-corrected chi connectivity index (χ1v) is 8.13. The number of pyridine rings is 1. The van der Waals surface area contributed by atoms with E-state index in [9.17, 15) is 4.79 Å². The normalized spacial score (nSPS) is 10.8. The van der Waals surface area contributed by atoms with Crippen molar-refractivity contribution in [3.8, 4) is 11.5 Å². The van der Waals surface area contributed by atoms with Crippen molar-refractivity contribution >= 4 is 17.0 Å². The summed E-state index contributed by atoms with van der Waals surface area (Å²) in [4.78, 5) is 16.2. The number of nitrogens with one attached hydrogen (secondary N) is 2. The quantitative estimate of drug-likeness (QED) is 0.576. The molecular weight excluding hydrogens is 332 g/mol. The number of furan rings is 1. The summed E-state index contributed by atoms with van der Waals surface area (Å²) in [6.45, 7) is 0.665. The van der Waals surface area contributed by atoms with Crippen LogP contribution in [0.25, 0.3) is 22.4 Å². The number of nitrogens with zero attached hydrogens (tertiary/aromatic N) is 2. The largest absolute Gasteiger partial charge is 0.464 e. The number of amides is 2. The van der Waals surface area contributed by atoms with Gasteiger partial charge in [-0.15, -0.1) is 0 Å². The molecule has 4 aromatic rings. The number of carbonyl (C=O) groups is 1. The molecule has 0 bridgehead atoms. The molecule has 0 aliphatic carbocycles. The second kappa shape index (κ2) is 7.10. The Labute approximate surface area is 149 Å². The highest BCUT2D eigenvalue weighted by Gasteiger charge is 2.09. The fourth-order valence-corrected chi connectivity index (χ4v) is 2.64. The Morgan fingerprint density at radius 3 is 2.85 bits per heavy atom. The van der Waals surface area contributed by atoms with Crippen molar-refractivity contribution in [2.45, 2.75) is 13.1 Å². The minimum atomic E-state index is -0.284. The molecule has 0 aliphatic rings. The molecule has 0 unspecified atom stereocenters. The zero-order valence-electron chi connectivity index (χ0n) is 13.8. The molecule has 0 saturated carbocycles. The third-order valence-corrected chi connectivity index (χ3v) is 3.93. The molecule has 3 aromatic heterocycles. The molecule has 0 fully saturated rings. The lowest BCUT2D eigenvalue weighted by Crippen LogP contribution is -2.34. The summed E-state index contributed by atoms with van der Waals surface area (Å²) < 4.78 is 10.6. The summed E-state index contributed by atoms with van der Waals surface area (Å²) in [7, 11) is 0. The van der Waals surface area contributed by atoms with E-state index in [1.165, 1.54) is 0 Å². The standard InChI is InChI=1S/C19H16N4O3/c24-19(21-11-13-4-3-6-17-15(13)7-9-25-17)22-12-14-10-18(26-23-14)16-5-1-2-8-20-16/h1-10H,11-12H2,(H2,21,22,24). The van der Waals surface area contributed by atoms with Crippen molar-refractivity contribution in [1.82, 2.24) is 20.8 Å². The van der Waals surface area contributed by atoms with Crippen LogP contribution < -0.4 is 10.6 Å². The number of hydrogen-bond donors (Lipinski definition) is 2. The summed E-state index contributed by atoms with van der Waals surface area (Å²) in [5, 5.41) is 10.5. The van der Waals surface area contributed by atoms with Crippen LogP contribution in [-0.4, -0.2) is 16.2 Å². The van der Waals surface area contributed by atoms with Gasteiger partial charge in [0.2, 0.25) is 0 Å². The Morgan fingerprint density at radius 2 is 1.96 bits per heavy atom. The number of benzene rings is 1. The van der Waals surface area contributed by atoms with Crippen LogP contribution >= 0.6 is 0 Å². The summed E-state index contributed by atoms with van der Waals surface area (Å²) in [6, 6.07) is 14.6. The molecular formula is C19H16N4O3. The van der Waals surface area contributed by atoms with E-state index < -0.39 is 0 Å². The van der Waals surface area contributed by atoms with Gasteiger partial charge in [-0.05, 0) is 29.8 Å². The molecule has 2 N–H and O–H groups in total. The van der Waals surface area contributed by atoms with Gasteiger partial charge >= 0.3 is 6.03 Å². The number of urea groups is 1. The fourth-order valence-electron chi connectivity index (χ4n) is 2.64. The highest BCUT2D eigenvalue weighted by atomic mass is 16.5. The summed E-state index contributed by atoms with van der Waals surface area (Å²) in [6.07, 6.45) is 3.32. The van der Waals surface area contributed by atoms with Gasteiger partial charge < -0.3 is 19.6 Å². The SMILES string of the molecule is O=C(NCc1cc(-c2ccccn2)on1)NCc1cccc2occc12. The zero-order chi connectivity index (χ0) is 17.8. The molecule has 26 heavy (non-hydrogen) atoms. The fraction of sp³-hybridized carbons (Fsp3) is 0.105. The minimum absolute atomic E-state index is 0.262. The van der Waals surface area contributed by atoms with Crippen molar-refractivity contribution in [2.24, 2.45) is 0 Å². The Kier molecular flexibility index (Phi) is 4.34. The molecule has 2 amide bonds. The van der Waals surface area contributed by atoms with Crippen LogP contribution in [0.2, 0.25) is 0 Å². The summed E-state index contributed by atoms with van der Waals surface area (Å²) in [5.41, 5.74) is 3.11.